The number of aryl methyl sites for hydroxylation is 1. The largest absolute Gasteiger partial charge is 0.356 e. The van der Waals surface area contributed by atoms with Crippen LogP contribution >= 0.6 is 0 Å². The highest BCUT2D eigenvalue weighted by Gasteiger charge is 2.11. The molecule has 0 bridgehead atoms. The fourth-order valence-electron chi connectivity index (χ4n) is 1.26. The first-order valence-electron chi connectivity index (χ1n) is 5.63. The van der Waals surface area contributed by atoms with Crippen LogP contribution in [0.15, 0.2) is 24.5 Å². The van der Waals surface area contributed by atoms with Crippen LogP contribution in [0, 0.1) is 5.41 Å². The molecule has 1 aromatic rings. The maximum Gasteiger partial charge on any atom is 0.220 e. The van der Waals surface area contributed by atoms with E-state index in [9.17, 15) is 4.79 Å². The third-order valence-corrected chi connectivity index (χ3v) is 2.18. The fraction of sp³-hybridized carbons (Fsp3) is 0.538. The van der Waals surface area contributed by atoms with Crippen LogP contribution in [0.2, 0.25) is 0 Å². The lowest BCUT2D eigenvalue weighted by Crippen LogP contribution is -2.32. The zero-order chi connectivity index (χ0) is 12.0. The van der Waals surface area contributed by atoms with Gasteiger partial charge in [-0.2, -0.15) is 0 Å². The molecule has 0 aliphatic carbocycles. The van der Waals surface area contributed by atoms with Crippen LogP contribution in [-0.2, 0) is 11.2 Å². The van der Waals surface area contributed by atoms with Crippen molar-refractivity contribution in [3.05, 3.63) is 30.1 Å². The molecule has 0 aliphatic rings. The summed E-state index contributed by atoms with van der Waals surface area (Å²) >= 11 is 0. The Bertz CT molecular complexity index is 328. The van der Waals surface area contributed by atoms with E-state index in [-0.39, 0.29) is 11.3 Å². The molecular formula is C13H20N2O. The number of carbonyl (C=O) groups is 1. The van der Waals surface area contributed by atoms with Gasteiger partial charge in [-0.05, 0) is 23.5 Å². The quantitative estimate of drug-likeness (QED) is 0.845. The number of nitrogens with one attached hydrogen (secondary N) is 1. The van der Waals surface area contributed by atoms with Crippen LogP contribution in [0.3, 0.4) is 0 Å². The summed E-state index contributed by atoms with van der Waals surface area (Å²) in [5.74, 6) is 0.110. The van der Waals surface area contributed by atoms with E-state index in [0.29, 0.717) is 6.42 Å². The van der Waals surface area contributed by atoms with Gasteiger partial charge in [-0.3, -0.25) is 9.78 Å². The molecule has 3 heteroatoms. The first-order chi connectivity index (χ1) is 7.47. The summed E-state index contributed by atoms with van der Waals surface area (Å²) in [7, 11) is 0. The number of pyridine rings is 1. The van der Waals surface area contributed by atoms with Crippen LogP contribution in [-0.4, -0.2) is 17.4 Å². The molecule has 1 N–H and O–H groups in total. The maximum absolute atomic E-state index is 11.5. The number of aromatic nitrogens is 1. The Hall–Kier alpha value is -1.38. The van der Waals surface area contributed by atoms with E-state index in [2.05, 4.69) is 31.1 Å². The van der Waals surface area contributed by atoms with Crippen molar-refractivity contribution in [2.75, 3.05) is 6.54 Å². The van der Waals surface area contributed by atoms with Gasteiger partial charge in [-0.25, -0.2) is 0 Å². The van der Waals surface area contributed by atoms with Gasteiger partial charge in [0.05, 0.1) is 0 Å². The maximum atomic E-state index is 11.5. The van der Waals surface area contributed by atoms with E-state index in [4.69, 9.17) is 0 Å². The Morgan fingerprint density at radius 1 is 1.44 bits per heavy atom. The van der Waals surface area contributed by atoms with Crippen molar-refractivity contribution in [2.45, 2.75) is 33.6 Å². The van der Waals surface area contributed by atoms with Crippen molar-refractivity contribution in [3.8, 4) is 0 Å². The summed E-state index contributed by atoms with van der Waals surface area (Å²) in [4.78, 5) is 15.5. The van der Waals surface area contributed by atoms with E-state index in [1.54, 1.807) is 12.4 Å². The third kappa shape index (κ3) is 5.49. The average molecular weight is 220 g/mol. The van der Waals surface area contributed by atoms with E-state index in [0.717, 1.165) is 18.5 Å². The molecule has 0 saturated carbocycles. The van der Waals surface area contributed by atoms with Crippen molar-refractivity contribution >= 4 is 5.91 Å². The molecule has 0 unspecified atom stereocenters. The Morgan fingerprint density at radius 2 is 2.19 bits per heavy atom. The molecule has 3 nitrogen and oxygen atoms in total. The second-order valence-electron chi connectivity index (χ2n) is 5.20. The van der Waals surface area contributed by atoms with E-state index < -0.39 is 0 Å². The molecule has 1 amide bonds. The van der Waals surface area contributed by atoms with Crippen LogP contribution in [0.4, 0.5) is 0 Å². The lowest BCUT2D eigenvalue weighted by Gasteiger charge is -2.18. The van der Waals surface area contributed by atoms with Crippen molar-refractivity contribution < 1.29 is 4.79 Å². The second-order valence-corrected chi connectivity index (χ2v) is 5.20. The summed E-state index contributed by atoms with van der Waals surface area (Å²) in [5, 5.41) is 2.93. The van der Waals surface area contributed by atoms with Gasteiger partial charge in [0.1, 0.15) is 0 Å². The number of hydrogen-bond donors (Lipinski definition) is 1. The third-order valence-electron chi connectivity index (χ3n) is 2.18. The number of carbonyl (C=O) groups excluding carboxylic acids is 1. The second kappa shape index (κ2) is 5.64. The predicted octanol–water partition coefficient (Wildman–Crippen LogP) is 2.18. The highest BCUT2D eigenvalue weighted by Crippen LogP contribution is 2.10. The fourth-order valence-corrected chi connectivity index (χ4v) is 1.26. The van der Waals surface area contributed by atoms with E-state index >= 15 is 0 Å². The van der Waals surface area contributed by atoms with E-state index in [1.807, 2.05) is 12.1 Å². The first kappa shape index (κ1) is 12.7. The number of amides is 1. The predicted molar refractivity (Wildman–Crippen MR) is 65.0 cm³/mol. The highest BCUT2D eigenvalue weighted by molar-refractivity contribution is 5.76. The van der Waals surface area contributed by atoms with Crippen molar-refractivity contribution in [1.82, 2.24) is 10.3 Å². The molecule has 0 radical (unpaired) electrons. The molecule has 0 atom stereocenters. The molecule has 1 aromatic heterocycles. The van der Waals surface area contributed by atoms with Crippen molar-refractivity contribution in [2.24, 2.45) is 5.41 Å². The molecule has 1 rings (SSSR count). The van der Waals surface area contributed by atoms with Gasteiger partial charge in [0.15, 0.2) is 0 Å². The SMILES string of the molecule is CC(C)(C)CNC(=O)CCc1cccnc1. The molecule has 1 heterocycles. The van der Waals surface area contributed by atoms with Gasteiger partial charge >= 0.3 is 0 Å². The number of nitrogens with zero attached hydrogens (tertiary/aromatic N) is 1. The van der Waals surface area contributed by atoms with Gasteiger partial charge in [-0.1, -0.05) is 26.8 Å². The van der Waals surface area contributed by atoms with Crippen LogP contribution in [0.25, 0.3) is 0 Å². The van der Waals surface area contributed by atoms with Crippen molar-refractivity contribution in [1.29, 1.82) is 0 Å². The summed E-state index contributed by atoms with van der Waals surface area (Å²) in [6, 6.07) is 3.88. The average Bonchev–Trinajstić information content (AvgIpc) is 2.24. The van der Waals surface area contributed by atoms with Crippen LogP contribution < -0.4 is 5.32 Å². The standard InChI is InChI=1S/C13H20N2O/c1-13(2,3)10-15-12(16)7-6-11-5-4-8-14-9-11/h4-5,8-9H,6-7,10H2,1-3H3,(H,15,16). The minimum absolute atomic E-state index is 0.110. The van der Waals surface area contributed by atoms with Crippen LogP contribution in [0.1, 0.15) is 32.8 Å². The molecule has 88 valence electrons. The molecule has 0 aliphatic heterocycles. The molecule has 0 spiro atoms. The van der Waals surface area contributed by atoms with Gasteiger partial charge in [0, 0.05) is 25.4 Å². The Balaban J connectivity index is 2.26. The molecule has 0 fully saturated rings. The minimum Gasteiger partial charge on any atom is -0.356 e. The topological polar surface area (TPSA) is 42.0 Å². The first-order valence-corrected chi connectivity index (χ1v) is 5.63. The minimum atomic E-state index is 0.110. The normalized spacial score (nSPS) is 11.2. The number of rotatable bonds is 4. The Kier molecular flexibility index (Phi) is 4.47. The van der Waals surface area contributed by atoms with Gasteiger partial charge < -0.3 is 5.32 Å². The molecule has 0 aromatic carbocycles. The van der Waals surface area contributed by atoms with E-state index in [1.165, 1.54) is 0 Å². The van der Waals surface area contributed by atoms with Gasteiger partial charge in [-0.15, -0.1) is 0 Å². The smallest absolute Gasteiger partial charge is 0.220 e. The number of hydrogen-bond acceptors (Lipinski definition) is 2. The Morgan fingerprint density at radius 3 is 2.75 bits per heavy atom. The highest BCUT2D eigenvalue weighted by atomic mass is 16.1. The van der Waals surface area contributed by atoms with Gasteiger partial charge in [0.25, 0.3) is 0 Å². The summed E-state index contributed by atoms with van der Waals surface area (Å²) in [6.07, 6.45) is 4.83. The lowest BCUT2D eigenvalue weighted by atomic mass is 9.97. The zero-order valence-electron chi connectivity index (χ0n) is 10.3. The monoisotopic (exact) mass is 220 g/mol. The zero-order valence-corrected chi connectivity index (χ0v) is 10.3. The van der Waals surface area contributed by atoms with Crippen LogP contribution in [0.5, 0.6) is 0 Å². The molecule has 0 saturated heterocycles. The summed E-state index contributed by atoms with van der Waals surface area (Å²) in [6.45, 7) is 7.04. The molecule has 16 heavy (non-hydrogen) atoms. The summed E-state index contributed by atoms with van der Waals surface area (Å²) < 4.78 is 0. The lowest BCUT2D eigenvalue weighted by molar-refractivity contribution is -0.121. The Labute approximate surface area is 97.3 Å². The van der Waals surface area contributed by atoms with Crippen molar-refractivity contribution in [3.63, 3.8) is 0 Å². The molecular weight excluding hydrogens is 200 g/mol. The summed E-state index contributed by atoms with van der Waals surface area (Å²) in [5.41, 5.74) is 1.25. The van der Waals surface area contributed by atoms with Gasteiger partial charge in [0.2, 0.25) is 5.91 Å².